The standard InChI is InChI=1S/C10H9ClS/c1-6-3-4-9-8(7(6)2)5-10(11)12-9/h3-5H,1-2H3. The second-order valence-electron chi connectivity index (χ2n) is 2.97. The van der Waals surface area contributed by atoms with Crippen LogP contribution in [0.15, 0.2) is 18.2 Å². The molecule has 0 aliphatic heterocycles. The fourth-order valence-corrected chi connectivity index (χ4v) is 2.53. The maximum absolute atomic E-state index is 5.93. The Kier molecular flexibility index (Phi) is 1.85. The maximum atomic E-state index is 5.93. The van der Waals surface area contributed by atoms with Gasteiger partial charge in [0, 0.05) is 4.70 Å². The summed E-state index contributed by atoms with van der Waals surface area (Å²) in [5.74, 6) is 0. The van der Waals surface area contributed by atoms with Crippen LogP contribution in [0.1, 0.15) is 11.1 Å². The fraction of sp³-hybridized carbons (Fsp3) is 0.200. The number of fused-ring (bicyclic) bond motifs is 1. The molecule has 0 unspecified atom stereocenters. The Hall–Kier alpha value is -0.530. The molecule has 2 aromatic rings. The first-order valence-electron chi connectivity index (χ1n) is 3.84. The number of rotatable bonds is 0. The first kappa shape index (κ1) is 8.09. The van der Waals surface area contributed by atoms with Gasteiger partial charge in [-0.05, 0) is 42.5 Å². The van der Waals surface area contributed by atoms with Crippen molar-refractivity contribution < 1.29 is 0 Å². The van der Waals surface area contributed by atoms with E-state index in [9.17, 15) is 0 Å². The lowest BCUT2D eigenvalue weighted by atomic mass is 10.1. The number of halogens is 1. The maximum Gasteiger partial charge on any atom is 0.0940 e. The topological polar surface area (TPSA) is 0 Å². The molecular weight excluding hydrogens is 188 g/mol. The molecule has 0 N–H and O–H groups in total. The molecule has 0 aliphatic carbocycles. The Morgan fingerprint density at radius 2 is 2.00 bits per heavy atom. The number of aryl methyl sites for hydroxylation is 2. The highest BCUT2D eigenvalue weighted by Gasteiger charge is 2.03. The normalized spacial score (nSPS) is 10.9. The van der Waals surface area contributed by atoms with Crippen LogP contribution in [0.4, 0.5) is 0 Å². The van der Waals surface area contributed by atoms with Crippen LogP contribution in [0.25, 0.3) is 10.1 Å². The number of hydrogen-bond acceptors (Lipinski definition) is 1. The smallest absolute Gasteiger partial charge is 0.0940 e. The third-order valence-electron chi connectivity index (χ3n) is 2.21. The van der Waals surface area contributed by atoms with Gasteiger partial charge in [-0.15, -0.1) is 11.3 Å². The molecule has 0 aliphatic rings. The minimum Gasteiger partial charge on any atom is -0.123 e. The van der Waals surface area contributed by atoms with Gasteiger partial charge in [-0.2, -0.15) is 0 Å². The predicted octanol–water partition coefficient (Wildman–Crippen LogP) is 4.17. The van der Waals surface area contributed by atoms with Crippen molar-refractivity contribution in [2.75, 3.05) is 0 Å². The van der Waals surface area contributed by atoms with Crippen molar-refractivity contribution in [2.45, 2.75) is 13.8 Å². The Balaban J connectivity index is 2.89. The van der Waals surface area contributed by atoms with Crippen molar-refractivity contribution in [1.82, 2.24) is 0 Å². The van der Waals surface area contributed by atoms with Gasteiger partial charge in [-0.1, -0.05) is 17.7 Å². The third kappa shape index (κ3) is 1.13. The average molecular weight is 197 g/mol. The molecule has 0 saturated carbocycles. The molecule has 12 heavy (non-hydrogen) atoms. The van der Waals surface area contributed by atoms with E-state index in [1.54, 1.807) is 11.3 Å². The molecule has 0 amide bonds. The second kappa shape index (κ2) is 2.75. The average Bonchev–Trinajstić information content (AvgIpc) is 2.39. The van der Waals surface area contributed by atoms with E-state index in [1.165, 1.54) is 21.2 Å². The highest BCUT2D eigenvalue weighted by atomic mass is 35.5. The van der Waals surface area contributed by atoms with Crippen LogP contribution in [-0.4, -0.2) is 0 Å². The summed E-state index contributed by atoms with van der Waals surface area (Å²) < 4.78 is 2.15. The van der Waals surface area contributed by atoms with Crippen molar-refractivity contribution in [3.8, 4) is 0 Å². The van der Waals surface area contributed by atoms with Crippen molar-refractivity contribution in [2.24, 2.45) is 0 Å². The van der Waals surface area contributed by atoms with E-state index in [-0.39, 0.29) is 0 Å². The highest BCUT2D eigenvalue weighted by molar-refractivity contribution is 7.22. The Morgan fingerprint density at radius 1 is 1.25 bits per heavy atom. The molecule has 1 aromatic carbocycles. The van der Waals surface area contributed by atoms with Crippen LogP contribution in [0.5, 0.6) is 0 Å². The Labute approximate surface area is 80.8 Å². The highest BCUT2D eigenvalue weighted by Crippen LogP contribution is 2.32. The van der Waals surface area contributed by atoms with E-state index in [1.807, 2.05) is 6.07 Å². The summed E-state index contributed by atoms with van der Waals surface area (Å²) in [7, 11) is 0. The van der Waals surface area contributed by atoms with Gasteiger partial charge in [-0.25, -0.2) is 0 Å². The lowest BCUT2D eigenvalue weighted by Crippen LogP contribution is -1.78. The third-order valence-corrected chi connectivity index (χ3v) is 3.44. The van der Waals surface area contributed by atoms with Crippen LogP contribution in [0.3, 0.4) is 0 Å². The SMILES string of the molecule is Cc1ccc2sc(Cl)cc2c1C. The summed E-state index contributed by atoms with van der Waals surface area (Å²) in [5.41, 5.74) is 2.67. The Morgan fingerprint density at radius 3 is 2.75 bits per heavy atom. The van der Waals surface area contributed by atoms with E-state index in [4.69, 9.17) is 11.6 Å². The van der Waals surface area contributed by atoms with Crippen molar-refractivity contribution >= 4 is 33.0 Å². The number of thiophene rings is 1. The molecule has 0 bridgehead atoms. The largest absolute Gasteiger partial charge is 0.123 e. The molecule has 62 valence electrons. The van der Waals surface area contributed by atoms with Crippen LogP contribution >= 0.6 is 22.9 Å². The molecule has 0 nitrogen and oxygen atoms in total. The molecule has 1 heterocycles. The van der Waals surface area contributed by atoms with Crippen LogP contribution in [0, 0.1) is 13.8 Å². The van der Waals surface area contributed by atoms with E-state index in [0.717, 1.165) is 4.34 Å². The van der Waals surface area contributed by atoms with Gasteiger partial charge < -0.3 is 0 Å². The molecule has 0 spiro atoms. The van der Waals surface area contributed by atoms with Crippen molar-refractivity contribution in [3.05, 3.63) is 33.7 Å². The van der Waals surface area contributed by atoms with Gasteiger partial charge in [0.05, 0.1) is 4.34 Å². The zero-order valence-corrected chi connectivity index (χ0v) is 8.59. The molecule has 2 heteroatoms. The minimum absolute atomic E-state index is 0.874. The summed E-state index contributed by atoms with van der Waals surface area (Å²) >= 11 is 7.57. The van der Waals surface area contributed by atoms with E-state index >= 15 is 0 Å². The van der Waals surface area contributed by atoms with Gasteiger partial charge >= 0.3 is 0 Å². The molecule has 1 aromatic heterocycles. The predicted molar refractivity (Wildman–Crippen MR) is 56.3 cm³/mol. The lowest BCUT2D eigenvalue weighted by molar-refractivity contribution is 1.39. The van der Waals surface area contributed by atoms with Gasteiger partial charge in [-0.3, -0.25) is 0 Å². The van der Waals surface area contributed by atoms with Crippen LogP contribution in [-0.2, 0) is 0 Å². The summed E-state index contributed by atoms with van der Waals surface area (Å²) in [6.07, 6.45) is 0. The first-order chi connectivity index (χ1) is 5.68. The van der Waals surface area contributed by atoms with Crippen molar-refractivity contribution in [1.29, 1.82) is 0 Å². The molecule has 0 fully saturated rings. The zero-order valence-electron chi connectivity index (χ0n) is 7.02. The van der Waals surface area contributed by atoms with Gasteiger partial charge in [0.15, 0.2) is 0 Å². The monoisotopic (exact) mass is 196 g/mol. The molecule has 2 rings (SSSR count). The number of benzene rings is 1. The minimum atomic E-state index is 0.874. The van der Waals surface area contributed by atoms with Crippen LogP contribution in [0.2, 0.25) is 4.34 Å². The molecule has 0 radical (unpaired) electrons. The summed E-state index contributed by atoms with van der Waals surface area (Å²) in [4.78, 5) is 0. The summed E-state index contributed by atoms with van der Waals surface area (Å²) in [5, 5.41) is 1.30. The molecule has 0 saturated heterocycles. The fourth-order valence-electron chi connectivity index (χ4n) is 1.33. The first-order valence-corrected chi connectivity index (χ1v) is 5.03. The van der Waals surface area contributed by atoms with Gasteiger partial charge in [0.2, 0.25) is 0 Å². The van der Waals surface area contributed by atoms with Gasteiger partial charge in [0.1, 0.15) is 0 Å². The molecule has 0 atom stereocenters. The second-order valence-corrected chi connectivity index (χ2v) is 4.68. The van der Waals surface area contributed by atoms with E-state index in [0.29, 0.717) is 0 Å². The van der Waals surface area contributed by atoms with Gasteiger partial charge in [0.25, 0.3) is 0 Å². The summed E-state index contributed by atoms with van der Waals surface area (Å²) in [6.45, 7) is 4.26. The van der Waals surface area contributed by atoms with E-state index in [2.05, 4.69) is 26.0 Å². The Bertz CT molecular complexity index is 429. The molecular formula is C10H9ClS. The van der Waals surface area contributed by atoms with E-state index < -0.39 is 0 Å². The number of hydrogen-bond donors (Lipinski definition) is 0. The van der Waals surface area contributed by atoms with Crippen molar-refractivity contribution in [3.63, 3.8) is 0 Å². The van der Waals surface area contributed by atoms with Crippen LogP contribution < -0.4 is 0 Å². The zero-order chi connectivity index (χ0) is 8.72. The quantitative estimate of drug-likeness (QED) is 0.593. The lowest BCUT2D eigenvalue weighted by Gasteiger charge is -1.99. The summed E-state index contributed by atoms with van der Waals surface area (Å²) in [6, 6.07) is 6.32.